The lowest BCUT2D eigenvalue weighted by Gasteiger charge is -2.30. The largest absolute Gasteiger partial charge is 0.338 e. The Labute approximate surface area is 120 Å². The number of nitrogens with zero attached hydrogens (tertiary/aromatic N) is 2. The van der Waals surface area contributed by atoms with Gasteiger partial charge >= 0.3 is 0 Å². The molecule has 0 spiro atoms. The van der Waals surface area contributed by atoms with E-state index in [0.717, 1.165) is 40.7 Å². The minimum absolute atomic E-state index is 0.106. The van der Waals surface area contributed by atoms with Crippen LogP contribution in [0.4, 0.5) is 0 Å². The van der Waals surface area contributed by atoms with E-state index in [0.29, 0.717) is 5.02 Å². The van der Waals surface area contributed by atoms with Crippen LogP contribution in [0.3, 0.4) is 0 Å². The van der Waals surface area contributed by atoms with Crippen molar-refractivity contribution >= 4 is 28.8 Å². The molecule has 1 amide bonds. The number of hydrogen-bond acceptors (Lipinski definition) is 3. The fourth-order valence-electron chi connectivity index (χ4n) is 2.00. The van der Waals surface area contributed by atoms with Crippen LogP contribution in [0.2, 0.25) is 5.02 Å². The molecule has 1 aliphatic heterocycles. The van der Waals surface area contributed by atoms with Crippen molar-refractivity contribution in [2.24, 2.45) is 0 Å². The summed E-state index contributed by atoms with van der Waals surface area (Å²) >= 11 is 7.43. The first-order valence-corrected chi connectivity index (χ1v) is 7.37. The van der Waals surface area contributed by atoms with E-state index in [4.69, 9.17) is 11.6 Å². The molecule has 1 aromatic carbocycles. The number of halogens is 1. The summed E-state index contributed by atoms with van der Waals surface area (Å²) in [6.45, 7) is 3.61. The van der Waals surface area contributed by atoms with Gasteiger partial charge in [0.25, 0.3) is 5.91 Å². The Morgan fingerprint density at radius 2 is 2.21 bits per heavy atom. The topological polar surface area (TPSA) is 33.2 Å². The lowest BCUT2D eigenvalue weighted by atomic mass is 10.2. The number of benzene rings is 1. The van der Waals surface area contributed by atoms with Crippen molar-refractivity contribution in [3.05, 3.63) is 39.9 Å². The highest BCUT2D eigenvalue weighted by Gasteiger charge is 2.25. The number of hydrogen-bond donors (Lipinski definition) is 0. The third-order valence-electron chi connectivity index (χ3n) is 3.21. The van der Waals surface area contributed by atoms with Crippen LogP contribution in [0.15, 0.2) is 24.3 Å². The summed E-state index contributed by atoms with van der Waals surface area (Å²) in [5.74, 6) is 0.106. The van der Waals surface area contributed by atoms with Gasteiger partial charge in [-0.3, -0.25) is 4.79 Å². The number of thiazole rings is 1. The zero-order chi connectivity index (χ0) is 13.4. The minimum atomic E-state index is 0.106. The van der Waals surface area contributed by atoms with E-state index in [1.54, 1.807) is 0 Å². The first kappa shape index (κ1) is 12.6. The molecule has 19 heavy (non-hydrogen) atoms. The van der Waals surface area contributed by atoms with Gasteiger partial charge in [-0.25, -0.2) is 4.98 Å². The first-order chi connectivity index (χ1) is 9.15. The van der Waals surface area contributed by atoms with Gasteiger partial charge in [0.2, 0.25) is 0 Å². The van der Waals surface area contributed by atoms with Crippen molar-refractivity contribution in [1.82, 2.24) is 9.88 Å². The molecule has 1 saturated heterocycles. The molecule has 3 nitrogen and oxygen atoms in total. The second-order valence-electron chi connectivity index (χ2n) is 4.59. The molecular weight excluding hydrogens is 280 g/mol. The van der Waals surface area contributed by atoms with Crippen molar-refractivity contribution < 1.29 is 4.79 Å². The van der Waals surface area contributed by atoms with Gasteiger partial charge in [0.1, 0.15) is 9.88 Å². The molecule has 3 rings (SSSR count). The van der Waals surface area contributed by atoms with Crippen LogP contribution < -0.4 is 0 Å². The van der Waals surface area contributed by atoms with Crippen LogP contribution in [0.5, 0.6) is 0 Å². The number of aromatic nitrogens is 1. The molecule has 0 atom stereocenters. The summed E-state index contributed by atoms with van der Waals surface area (Å²) in [4.78, 5) is 19.3. The third-order valence-corrected chi connectivity index (χ3v) is 4.64. The van der Waals surface area contributed by atoms with Crippen molar-refractivity contribution in [2.45, 2.75) is 13.3 Å². The highest BCUT2D eigenvalue weighted by Crippen LogP contribution is 2.30. The predicted molar refractivity (Wildman–Crippen MR) is 77.8 cm³/mol. The van der Waals surface area contributed by atoms with E-state index in [-0.39, 0.29) is 5.91 Å². The Morgan fingerprint density at radius 1 is 1.42 bits per heavy atom. The molecule has 0 bridgehead atoms. The average Bonchev–Trinajstić information content (AvgIpc) is 2.69. The van der Waals surface area contributed by atoms with E-state index >= 15 is 0 Å². The molecule has 0 saturated carbocycles. The van der Waals surface area contributed by atoms with Gasteiger partial charge in [-0.1, -0.05) is 23.7 Å². The fourth-order valence-corrected chi connectivity index (χ4v) is 3.22. The molecule has 0 unspecified atom stereocenters. The molecule has 1 fully saturated rings. The predicted octanol–water partition coefficient (Wildman–Crippen LogP) is 3.62. The molecular formula is C14H13ClN2OS. The minimum Gasteiger partial charge on any atom is -0.338 e. The molecule has 1 aromatic heterocycles. The van der Waals surface area contributed by atoms with Crippen molar-refractivity contribution in [3.63, 3.8) is 0 Å². The summed E-state index contributed by atoms with van der Waals surface area (Å²) in [5, 5.41) is 1.53. The normalized spacial score (nSPS) is 14.3. The number of rotatable bonds is 2. The fraction of sp³-hybridized carbons (Fsp3) is 0.286. The number of likely N-dealkylation sites (tertiary alicyclic amines) is 1. The second kappa shape index (κ2) is 4.94. The number of amides is 1. The maximum atomic E-state index is 12.2. The van der Waals surface area contributed by atoms with Gasteiger partial charge in [-0.05, 0) is 25.5 Å². The van der Waals surface area contributed by atoms with Crippen molar-refractivity contribution in [2.75, 3.05) is 13.1 Å². The molecule has 2 aromatic rings. The van der Waals surface area contributed by atoms with Gasteiger partial charge in [0.15, 0.2) is 0 Å². The van der Waals surface area contributed by atoms with Crippen molar-refractivity contribution in [3.8, 4) is 10.6 Å². The molecule has 98 valence electrons. The van der Waals surface area contributed by atoms with Crippen LogP contribution in [0.25, 0.3) is 10.6 Å². The van der Waals surface area contributed by atoms with Crippen molar-refractivity contribution in [1.29, 1.82) is 0 Å². The van der Waals surface area contributed by atoms with Gasteiger partial charge < -0.3 is 4.90 Å². The lowest BCUT2D eigenvalue weighted by Crippen LogP contribution is -2.41. The standard InChI is InChI=1S/C14H13ClN2OS/c1-9-12(14(18)17-6-3-7-17)19-13(16-9)10-4-2-5-11(15)8-10/h2,4-5,8H,3,6-7H2,1H3. The highest BCUT2D eigenvalue weighted by atomic mass is 35.5. The van der Waals surface area contributed by atoms with Crippen LogP contribution in [-0.2, 0) is 0 Å². The SMILES string of the molecule is Cc1nc(-c2cccc(Cl)c2)sc1C(=O)N1CCC1. The molecule has 0 aliphatic carbocycles. The average molecular weight is 293 g/mol. The van der Waals surface area contributed by atoms with E-state index in [9.17, 15) is 4.79 Å². The Hall–Kier alpha value is -1.39. The zero-order valence-corrected chi connectivity index (χ0v) is 12.1. The summed E-state index contributed by atoms with van der Waals surface area (Å²) in [6.07, 6.45) is 1.10. The molecule has 0 N–H and O–H groups in total. The maximum Gasteiger partial charge on any atom is 0.265 e. The zero-order valence-electron chi connectivity index (χ0n) is 10.5. The summed E-state index contributed by atoms with van der Waals surface area (Å²) in [5.41, 5.74) is 1.76. The Kier molecular flexibility index (Phi) is 3.29. The molecule has 0 radical (unpaired) electrons. The van der Waals surface area contributed by atoms with Gasteiger partial charge in [0.05, 0.1) is 5.69 Å². The molecule has 2 heterocycles. The first-order valence-electron chi connectivity index (χ1n) is 6.18. The second-order valence-corrected chi connectivity index (χ2v) is 6.03. The number of carbonyl (C=O) groups is 1. The van der Waals surface area contributed by atoms with Gasteiger partial charge in [0, 0.05) is 23.7 Å². The van der Waals surface area contributed by atoms with Gasteiger partial charge in [-0.15, -0.1) is 11.3 Å². The van der Waals surface area contributed by atoms with Gasteiger partial charge in [-0.2, -0.15) is 0 Å². The Bertz CT molecular complexity index is 634. The van der Waals surface area contributed by atoms with E-state index in [1.165, 1.54) is 11.3 Å². The Balaban J connectivity index is 1.94. The lowest BCUT2D eigenvalue weighted by molar-refractivity contribution is 0.0656. The summed E-state index contributed by atoms with van der Waals surface area (Å²) in [6, 6.07) is 7.56. The number of aryl methyl sites for hydroxylation is 1. The van der Waals surface area contributed by atoms with E-state index in [2.05, 4.69) is 4.98 Å². The number of carbonyl (C=O) groups excluding carboxylic acids is 1. The smallest absolute Gasteiger partial charge is 0.265 e. The quantitative estimate of drug-likeness (QED) is 0.847. The van der Waals surface area contributed by atoms with Crippen LogP contribution in [0, 0.1) is 6.92 Å². The Morgan fingerprint density at radius 3 is 2.84 bits per heavy atom. The maximum absolute atomic E-state index is 12.2. The van der Waals surface area contributed by atoms with E-state index in [1.807, 2.05) is 36.1 Å². The molecule has 5 heteroatoms. The summed E-state index contributed by atoms with van der Waals surface area (Å²) < 4.78 is 0. The van der Waals surface area contributed by atoms with E-state index < -0.39 is 0 Å². The molecule has 1 aliphatic rings. The summed E-state index contributed by atoms with van der Waals surface area (Å²) in [7, 11) is 0. The van der Waals surface area contributed by atoms with Crippen LogP contribution >= 0.6 is 22.9 Å². The third kappa shape index (κ3) is 2.38. The van der Waals surface area contributed by atoms with Crippen LogP contribution in [-0.4, -0.2) is 28.9 Å². The highest BCUT2D eigenvalue weighted by molar-refractivity contribution is 7.17. The van der Waals surface area contributed by atoms with Crippen LogP contribution in [0.1, 0.15) is 21.8 Å². The monoisotopic (exact) mass is 292 g/mol.